The Labute approximate surface area is 368 Å². The van der Waals surface area contributed by atoms with Crippen molar-refractivity contribution in [2.45, 2.75) is 99.9 Å². The molecule has 0 fully saturated rings. The maximum absolute atomic E-state index is 12.8. The second-order valence-electron chi connectivity index (χ2n) is 16.8. The molecule has 0 spiro atoms. The summed E-state index contributed by atoms with van der Waals surface area (Å²) in [5.74, 6) is 0.352. The molecular weight excluding hydrogens is 871 g/mol. The molecule has 20 heteroatoms. The fourth-order valence-corrected chi connectivity index (χ4v) is 9.73. The van der Waals surface area contributed by atoms with Crippen LogP contribution in [0.3, 0.4) is 0 Å². The number of nitrogens with one attached hydrogen (secondary N) is 1. The summed E-state index contributed by atoms with van der Waals surface area (Å²) < 4.78 is 103. The number of hydrogen-bond donors (Lipinski definition) is 4. The van der Waals surface area contributed by atoms with Crippen LogP contribution in [-0.2, 0) is 52.5 Å². The molecule has 2 aliphatic rings. The van der Waals surface area contributed by atoms with Crippen molar-refractivity contribution in [2.24, 2.45) is 0 Å². The van der Waals surface area contributed by atoms with Gasteiger partial charge in [-0.05, 0) is 81.5 Å². The first-order valence-electron chi connectivity index (χ1n) is 20.3. The van der Waals surface area contributed by atoms with Crippen LogP contribution in [0.15, 0.2) is 94.8 Å². The van der Waals surface area contributed by atoms with E-state index in [2.05, 4.69) is 30.3 Å². The Morgan fingerprint density at radius 1 is 0.794 bits per heavy atom. The molecule has 6 rings (SSSR count). The number of nitrogens with zero attached hydrogens (tertiary/aromatic N) is 6. The normalized spacial score (nSPS) is 17.1. The molecule has 0 saturated carbocycles. The molecule has 1 amide bonds. The summed E-state index contributed by atoms with van der Waals surface area (Å²) >= 11 is 0. The number of carbonyl (C=O) groups excluding carboxylic acids is 1. The van der Waals surface area contributed by atoms with E-state index in [1.54, 1.807) is 19.1 Å². The number of carbonyl (C=O) groups is 1. The van der Waals surface area contributed by atoms with Crippen molar-refractivity contribution < 1.29 is 48.3 Å². The maximum atomic E-state index is 12.8. The molecule has 0 bridgehead atoms. The maximum Gasteiger partial charge on any atom is 0.294 e. The van der Waals surface area contributed by atoms with Gasteiger partial charge in [-0.25, -0.2) is 0 Å². The van der Waals surface area contributed by atoms with E-state index < -0.39 is 53.0 Å². The van der Waals surface area contributed by atoms with E-state index in [9.17, 15) is 43.7 Å². The van der Waals surface area contributed by atoms with Gasteiger partial charge in [0.15, 0.2) is 11.5 Å². The molecule has 1 atom stereocenters. The first-order chi connectivity index (χ1) is 29.5. The van der Waals surface area contributed by atoms with Crippen LogP contribution in [0.1, 0.15) is 82.3 Å². The monoisotopic (exact) mass is 922 g/mol. The van der Waals surface area contributed by atoms with Gasteiger partial charge in [-0.3, -0.25) is 18.5 Å². The fraction of sp³-hybridized carbons (Fsp3) is 0.395. The van der Waals surface area contributed by atoms with E-state index in [0.717, 1.165) is 28.9 Å². The number of amides is 1. The number of aromatic nitrogens is 4. The number of aryl methyl sites for hydroxylation is 1. The summed E-state index contributed by atoms with van der Waals surface area (Å²) in [7, 11) is -13.2. The summed E-state index contributed by atoms with van der Waals surface area (Å²) in [4.78, 5) is 14.2. The third kappa shape index (κ3) is 11.1. The Balaban J connectivity index is 1.16. The van der Waals surface area contributed by atoms with Crippen molar-refractivity contribution in [2.75, 3.05) is 23.7 Å². The average molecular weight is 923 g/mol. The SMILES string of the molecule is Cc1nnc(-c2ccc(CNC(=O)CCCCC[N+]3=C(/C=C/C=C/C4N(CCCS(=O)(=O)O)c5ccc(S(=O)(=O)O)cc5C4(C)C)C(C)(C)c4cc(S(=O)(=O)O)ccc43)cc2)nn1. The zero-order chi connectivity index (χ0) is 46.0. The highest BCUT2D eigenvalue weighted by Gasteiger charge is 2.46. The highest BCUT2D eigenvalue weighted by Crippen LogP contribution is 2.47. The third-order valence-electron chi connectivity index (χ3n) is 11.5. The van der Waals surface area contributed by atoms with E-state index in [1.165, 1.54) is 24.3 Å². The summed E-state index contributed by atoms with van der Waals surface area (Å²) in [6, 6.07) is 15.9. The molecule has 2 aliphatic heterocycles. The lowest BCUT2D eigenvalue weighted by molar-refractivity contribution is -0.438. The molecule has 336 valence electrons. The predicted octanol–water partition coefficient (Wildman–Crippen LogP) is 5.55. The van der Waals surface area contributed by atoms with Crippen LogP contribution >= 0.6 is 0 Å². The molecule has 4 N–H and O–H groups in total. The zero-order valence-electron chi connectivity index (χ0n) is 35.6. The van der Waals surface area contributed by atoms with E-state index in [1.807, 2.05) is 81.2 Å². The summed E-state index contributed by atoms with van der Waals surface area (Å²) in [6.07, 6.45) is 10.1. The van der Waals surface area contributed by atoms with Crippen molar-refractivity contribution in [1.82, 2.24) is 25.7 Å². The topological polar surface area (TPSA) is 250 Å². The molecule has 4 aromatic rings. The van der Waals surface area contributed by atoms with Crippen molar-refractivity contribution in [1.29, 1.82) is 0 Å². The predicted molar refractivity (Wildman–Crippen MR) is 237 cm³/mol. The second kappa shape index (κ2) is 18.5. The number of benzene rings is 3. The second-order valence-corrected chi connectivity index (χ2v) is 21.2. The van der Waals surface area contributed by atoms with Crippen molar-refractivity contribution in [3.8, 4) is 11.4 Å². The molecule has 17 nitrogen and oxygen atoms in total. The molecule has 63 heavy (non-hydrogen) atoms. The zero-order valence-corrected chi connectivity index (χ0v) is 38.1. The number of rotatable bonds is 18. The Bertz CT molecular complexity index is 2810. The number of allylic oxidation sites excluding steroid dienone is 3. The number of unbranched alkanes of at least 4 members (excludes halogenated alkanes) is 2. The number of hydrogen-bond acceptors (Lipinski definition) is 12. The van der Waals surface area contributed by atoms with E-state index in [0.29, 0.717) is 60.8 Å². The van der Waals surface area contributed by atoms with Gasteiger partial charge in [0.2, 0.25) is 17.4 Å². The van der Waals surface area contributed by atoms with Crippen molar-refractivity contribution >= 4 is 53.3 Å². The standard InChI is InChI=1S/C43H51N7O10S3/c1-29-45-47-41(48-46-29)31-17-15-30(16-18-31)28-44-40(51)14-7-6-10-23-49-36-21-19-32(62(55,56)57)26-34(36)42(2,3)38(49)12-8-9-13-39-43(4,5)35-27-33(63(58,59)60)20-22-37(35)50(39)24-11-25-61(52,53)54/h8-9,12-13,15-22,26-27,39H,6-7,10-11,14,23-25,28H2,1-5H3,(H3-,44,51,52,53,54,55,56,57,58,59,60)/p+1/b12-8+,13-9+. The van der Waals surface area contributed by atoms with E-state index >= 15 is 0 Å². The first-order valence-corrected chi connectivity index (χ1v) is 24.8. The highest BCUT2D eigenvalue weighted by molar-refractivity contribution is 7.86. The Morgan fingerprint density at radius 3 is 2.06 bits per heavy atom. The molecule has 1 unspecified atom stereocenters. The van der Waals surface area contributed by atoms with Gasteiger partial charge >= 0.3 is 0 Å². The Hall–Kier alpha value is -5.25. The Kier molecular flexibility index (Phi) is 13.8. The van der Waals surface area contributed by atoms with Crippen LogP contribution in [-0.4, -0.2) is 100 Å². The molecule has 0 radical (unpaired) electrons. The van der Waals surface area contributed by atoms with Crippen LogP contribution in [0, 0.1) is 6.92 Å². The molecule has 0 aliphatic carbocycles. The molecule has 3 heterocycles. The smallest absolute Gasteiger partial charge is 0.294 e. The highest BCUT2D eigenvalue weighted by atomic mass is 32.2. The van der Waals surface area contributed by atoms with Gasteiger partial charge in [-0.1, -0.05) is 56.3 Å². The van der Waals surface area contributed by atoms with Crippen LogP contribution in [0.4, 0.5) is 11.4 Å². The van der Waals surface area contributed by atoms with Crippen LogP contribution in [0.5, 0.6) is 0 Å². The first kappa shape index (κ1) is 47.2. The molecule has 0 saturated heterocycles. The number of anilines is 1. The van der Waals surface area contributed by atoms with Gasteiger partial charge in [-0.15, -0.1) is 20.4 Å². The lowest BCUT2D eigenvalue weighted by Crippen LogP contribution is -2.40. The Morgan fingerprint density at radius 2 is 1.43 bits per heavy atom. The van der Waals surface area contributed by atoms with Gasteiger partial charge in [0, 0.05) is 60.3 Å². The van der Waals surface area contributed by atoms with Gasteiger partial charge in [-0.2, -0.15) is 29.8 Å². The molecule has 1 aromatic heterocycles. The molecular formula is C43H52N7O10S3+. The minimum Gasteiger partial charge on any atom is -0.364 e. The summed E-state index contributed by atoms with van der Waals surface area (Å²) in [5, 5.41) is 18.9. The average Bonchev–Trinajstić information content (AvgIpc) is 3.55. The van der Waals surface area contributed by atoms with E-state index in [4.69, 9.17) is 0 Å². The molecule has 3 aromatic carbocycles. The van der Waals surface area contributed by atoms with Gasteiger partial charge in [0.25, 0.3) is 30.4 Å². The van der Waals surface area contributed by atoms with Crippen LogP contribution in [0.2, 0.25) is 0 Å². The minimum absolute atomic E-state index is 0.0777. The summed E-state index contributed by atoms with van der Waals surface area (Å²) in [6.45, 7) is 10.6. The van der Waals surface area contributed by atoms with Gasteiger partial charge < -0.3 is 10.2 Å². The third-order valence-corrected chi connectivity index (χ3v) is 14.0. The largest absolute Gasteiger partial charge is 0.364 e. The van der Waals surface area contributed by atoms with Crippen molar-refractivity contribution in [3.05, 3.63) is 107 Å². The quantitative estimate of drug-likeness (QED) is 0.0414. The van der Waals surface area contributed by atoms with Gasteiger partial charge in [0.05, 0.1) is 27.0 Å². The van der Waals surface area contributed by atoms with Crippen LogP contribution in [0.25, 0.3) is 11.4 Å². The van der Waals surface area contributed by atoms with E-state index in [-0.39, 0.29) is 28.7 Å². The fourth-order valence-electron chi connectivity index (χ4n) is 8.22. The lowest BCUT2D eigenvalue weighted by Gasteiger charge is -2.32. The van der Waals surface area contributed by atoms with Gasteiger partial charge in [0.1, 0.15) is 6.54 Å². The summed E-state index contributed by atoms with van der Waals surface area (Å²) in [5.41, 5.74) is 3.93. The van der Waals surface area contributed by atoms with Crippen LogP contribution < -0.4 is 10.2 Å². The number of fused-ring (bicyclic) bond motifs is 2. The minimum atomic E-state index is -4.50. The lowest BCUT2D eigenvalue weighted by atomic mass is 9.80. The van der Waals surface area contributed by atoms with Crippen molar-refractivity contribution in [3.63, 3.8) is 0 Å².